The van der Waals surface area contributed by atoms with Gasteiger partial charge in [0, 0.05) is 33.4 Å². The summed E-state index contributed by atoms with van der Waals surface area (Å²) in [5.41, 5.74) is 1.32. The maximum Gasteiger partial charge on any atom is 0.137 e. The summed E-state index contributed by atoms with van der Waals surface area (Å²) in [5, 5.41) is 7.91. The molecule has 0 bridgehead atoms. The van der Waals surface area contributed by atoms with Gasteiger partial charge in [-0.1, -0.05) is 40.2 Å². The summed E-state index contributed by atoms with van der Waals surface area (Å²) in [6.07, 6.45) is 0.0876. The highest BCUT2D eigenvalue weighted by Crippen LogP contribution is 2.36. The van der Waals surface area contributed by atoms with E-state index < -0.39 is 0 Å². The quantitative estimate of drug-likeness (QED) is 0.634. The Labute approximate surface area is 148 Å². The smallest absolute Gasteiger partial charge is 0.137 e. The molecule has 1 aliphatic heterocycles. The van der Waals surface area contributed by atoms with Crippen LogP contribution < -0.4 is 10.1 Å². The monoisotopic (exact) mass is 395 g/mol. The molecule has 0 saturated carbocycles. The van der Waals surface area contributed by atoms with Crippen molar-refractivity contribution in [3.63, 3.8) is 0 Å². The van der Waals surface area contributed by atoms with Crippen LogP contribution in [0.3, 0.4) is 0 Å². The molecule has 1 N–H and O–H groups in total. The molecule has 0 spiro atoms. The van der Waals surface area contributed by atoms with Crippen LogP contribution in [-0.2, 0) is 6.54 Å². The number of rotatable bonds is 2. The largest absolute Gasteiger partial charge is 0.484 e. The van der Waals surface area contributed by atoms with Gasteiger partial charge in [-0.15, -0.1) is 23.7 Å². The summed E-state index contributed by atoms with van der Waals surface area (Å²) in [6, 6.07) is 14.6. The van der Waals surface area contributed by atoms with Crippen LogP contribution in [-0.4, -0.2) is 6.54 Å². The molecular formula is C17H15BrClNOS. The van der Waals surface area contributed by atoms with E-state index in [1.54, 1.807) is 11.3 Å². The molecule has 1 aromatic heterocycles. The molecular weight excluding hydrogens is 382 g/mol. The first-order chi connectivity index (χ1) is 10.3. The Kier molecular flexibility index (Phi) is 4.73. The molecule has 22 heavy (non-hydrogen) atoms. The fourth-order valence-electron chi connectivity index (χ4n) is 2.80. The second-order valence-corrected chi connectivity index (χ2v) is 6.98. The van der Waals surface area contributed by atoms with Gasteiger partial charge in [-0.25, -0.2) is 0 Å². The zero-order chi connectivity index (χ0) is 14.2. The zero-order valence-electron chi connectivity index (χ0n) is 11.7. The lowest BCUT2D eigenvalue weighted by molar-refractivity contribution is 0.195. The van der Waals surface area contributed by atoms with Gasteiger partial charge in [-0.05, 0) is 29.0 Å². The van der Waals surface area contributed by atoms with Crippen LogP contribution in [0.1, 0.15) is 16.5 Å². The molecule has 2 nitrogen and oxygen atoms in total. The molecule has 0 aliphatic carbocycles. The van der Waals surface area contributed by atoms with Gasteiger partial charge in [0.15, 0.2) is 0 Å². The van der Waals surface area contributed by atoms with E-state index in [1.165, 1.54) is 15.8 Å². The van der Waals surface area contributed by atoms with Crippen molar-refractivity contribution in [1.29, 1.82) is 0 Å². The van der Waals surface area contributed by atoms with Gasteiger partial charge in [0.1, 0.15) is 11.9 Å². The molecule has 1 aliphatic rings. The van der Waals surface area contributed by atoms with Crippen LogP contribution in [0.5, 0.6) is 5.75 Å². The number of fused-ring (bicyclic) bond motifs is 2. The van der Waals surface area contributed by atoms with Crippen LogP contribution in [0, 0.1) is 0 Å². The van der Waals surface area contributed by atoms with E-state index in [2.05, 4.69) is 63.0 Å². The Morgan fingerprint density at radius 2 is 1.91 bits per heavy atom. The first kappa shape index (κ1) is 15.8. The molecule has 0 radical (unpaired) electrons. The zero-order valence-corrected chi connectivity index (χ0v) is 14.9. The SMILES string of the molecule is Brc1ccc(OC2CNCc3sccc32)c2ccccc12.Cl. The van der Waals surface area contributed by atoms with Crippen molar-refractivity contribution >= 4 is 50.4 Å². The van der Waals surface area contributed by atoms with Crippen LogP contribution in [0.2, 0.25) is 0 Å². The topological polar surface area (TPSA) is 21.3 Å². The predicted octanol–water partition coefficient (Wildman–Crippen LogP) is 5.31. The highest BCUT2D eigenvalue weighted by molar-refractivity contribution is 9.10. The minimum Gasteiger partial charge on any atom is -0.484 e. The Balaban J connectivity index is 0.00000144. The highest BCUT2D eigenvalue weighted by Gasteiger charge is 2.23. The standard InChI is InChI=1S/C17H14BrNOS.ClH/c18-14-5-6-15(12-4-2-1-3-11(12)14)20-16-9-19-10-17-13(16)7-8-21-17;/h1-8,16,19H,9-10H2;1H. The fraction of sp³-hybridized carbons (Fsp3) is 0.176. The maximum absolute atomic E-state index is 6.33. The van der Waals surface area contributed by atoms with Gasteiger partial charge in [0.05, 0.1) is 0 Å². The van der Waals surface area contributed by atoms with E-state index in [4.69, 9.17) is 4.74 Å². The van der Waals surface area contributed by atoms with Crippen LogP contribution in [0.25, 0.3) is 10.8 Å². The second-order valence-electron chi connectivity index (χ2n) is 5.13. The summed E-state index contributed by atoms with van der Waals surface area (Å²) in [5.74, 6) is 0.944. The van der Waals surface area contributed by atoms with E-state index in [0.717, 1.165) is 28.7 Å². The van der Waals surface area contributed by atoms with Gasteiger partial charge in [-0.3, -0.25) is 0 Å². The van der Waals surface area contributed by atoms with Crippen LogP contribution in [0.15, 0.2) is 52.3 Å². The molecule has 114 valence electrons. The summed E-state index contributed by atoms with van der Waals surface area (Å²) in [4.78, 5) is 1.38. The van der Waals surface area contributed by atoms with Gasteiger partial charge in [0.25, 0.3) is 0 Å². The molecule has 3 aromatic rings. The van der Waals surface area contributed by atoms with Crippen molar-refractivity contribution in [3.05, 3.63) is 62.8 Å². The van der Waals surface area contributed by atoms with Gasteiger partial charge in [0.2, 0.25) is 0 Å². The molecule has 0 fully saturated rings. The number of hydrogen-bond donors (Lipinski definition) is 1. The Morgan fingerprint density at radius 3 is 2.77 bits per heavy atom. The highest BCUT2D eigenvalue weighted by atomic mass is 79.9. The van der Waals surface area contributed by atoms with Crippen molar-refractivity contribution in [2.75, 3.05) is 6.54 Å². The summed E-state index contributed by atoms with van der Waals surface area (Å²) in [6.45, 7) is 1.81. The van der Waals surface area contributed by atoms with Crippen molar-refractivity contribution in [1.82, 2.24) is 5.32 Å². The molecule has 1 unspecified atom stereocenters. The second kappa shape index (κ2) is 6.59. The van der Waals surface area contributed by atoms with Crippen LogP contribution in [0.4, 0.5) is 0 Å². The molecule has 2 aromatic carbocycles. The maximum atomic E-state index is 6.33. The molecule has 0 amide bonds. The van der Waals surface area contributed by atoms with Crippen molar-refractivity contribution in [3.8, 4) is 5.75 Å². The summed E-state index contributed by atoms with van der Waals surface area (Å²) < 4.78 is 7.43. The lowest BCUT2D eigenvalue weighted by Gasteiger charge is -2.25. The average molecular weight is 397 g/mol. The summed E-state index contributed by atoms with van der Waals surface area (Å²) in [7, 11) is 0. The third-order valence-corrected chi connectivity index (χ3v) is 5.47. The Bertz CT molecular complexity index is 804. The first-order valence-corrected chi connectivity index (χ1v) is 8.61. The van der Waals surface area contributed by atoms with E-state index in [9.17, 15) is 0 Å². The Morgan fingerprint density at radius 1 is 1.09 bits per heavy atom. The lowest BCUT2D eigenvalue weighted by atomic mass is 10.1. The lowest BCUT2D eigenvalue weighted by Crippen LogP contribution is -2.30. The third-order valence-electron chi connectivity index (χ3n) is 3.84. The predicted molar refractivity (Wildman–Crippen MR) is 98.3 cm³/mol. The van der Waals surface area contributed by atoms with Crippen molar-refractivity contribution in [2.24, 2.45) is 0 Å². The fourth-order valence-corrected chi connectivity index (χ4v) is 4.18. The van der Waals surface area contributed by atoms with Gasteiger partial charge < -0.3 is 10.1 Å². The molecule has 4 rings (SSSR count). The number of ether oxygens (including phenoxy) is 1. The normalized spacial score (nSPS) is 16.9. The Hall–Kier alpha value is -1.07. The molecule has 2 heterocycles. The number of benzene rings is 2. The van der Waals surface area contributed by atoms with E-state index >= 15 is 0 Å². The van der Waals surface area contributed by atoms with E-state index in [-0.39, 0.29) is 18.5 Å². The average Bonchev–Trinajstić information content (AvgIpc) is 3.00. The third kappa shape index (κ3) is 2.76. The van der Waals surface area contributed by atoms with Gasteiger partial charge >= 0.3 is 0 Å². The minimum absolute atomic E-state index is 0. The summed E-state index contributed by atoms with van der Waals surface area (Å²) >= 11 is 5.41. The van der Waals surface area contributed by atoms with Crippen molar-refractivity contribution < 1.29 is 4.74 Å². The van der Waals surface area contributed by atoms with Crippen LogP contribution >= 0.6 is 39.7 Å². The van der Waals surface area contributed by atoms with E-state index in [0.29, 0.717) is 0 Å². The molecule has 0 saturated heterocycles. The number of halogens is 2. The number of thiophene rings is 1. The minimum atomic E-state index is 0. The molecule has 1 atom stereocenters. The number of nitrogens with one attached hydrogen (secondary N) is 1. The van der Waals surface area contributed by atoms with Gasteiger partial charge in [-0.2, -0.15) is 0 Å². The van der Waals surface area contributed by atoms with Crippen molar-refractivity contribution in [2.45, 2.75) is 12.6 Å². The van der Waals surface area contributed by atoms with E-state index in [1.807, 2.05) is 6.07 Å². The first-order valence-electron chi connectivity index (χ1n) is 6.94. The number of hydrogen-bond acceptors (Lipinski definition) is 3. The molecule has 5 heteroatoms.